The number of pyridine rings is 2. The molecule has 4 heterocycles. The number of H-pyrrole nitrogens is 1. The molecule has 160 valence electrons. The van der Waals surface area contributed by atoms with E-state index in [1.807, 2.05) is 31.3 Å². The predicted octanol–water partition coefficient (Wildman–Crippen LogP) is 6.20. The van der Waals surface area contributed by atoms with Gasteiger partial charge in [0.2, 0.25) is 0 Å². The van der Waals surface area contributed by atoms with Crippen molar-refractivity contribution < 1.29 is 4.39 Å². The second-order valence-electron chi connectivity index (χ2n) is 7.93. The summed E-state index contributed by atoms with van der Waals surface area (Å²) in [5.41, 5.74) is 6.67. The summed E-state index contributed by atoms with van der Waals surface area (Å²) in [6.07, 6.45) is 9.96. The number of fused-ring (bicyclic) bond motifs is 1. The topological polar surface area (TPSA) is 57.7 Å². The van der Waals surface area contributed by atoms with E-state index in [4.69, 9.17) is 0 Å². The zero-order valence-corrected chi connectivity index (χ0v) is 19.3. The molecular formula is C25H21BrFN5. The van der Waals surface area contributed by atoms with Crippen LogP contribution in [0, 0.1) is 12.7 Å². The Morgan fingerprint density at radius 2 is 2.00 bits per heavy atom. The highest BCUT2D eigenvalue weighted by Crippen LogP contribution is 2.31. The molecular weight excluding hydrogens is 469 g/mol. The molecule has 1 aromatic carbocycles. The fourth-order valence-electron chi connectivity index (χ4n) is 4.00. The van der Waals surface area contributed by atoms with Gasteiger partial charge in [-0.2, -0.15) is 5.10 Å². The third kappa shape index (κ3) is 3.96. The van der Waals surface area contributed by atoms with Crippen molar-refractivity contribution in [3.05, 3.63) is 94.3 Å². The minimum absolute atomic E-state index is 0.0482. The second-order valence-corrected chi connectivity index (χ2v) is 8.85. The quantitative estimate of drug-likeness (QED) is 0.370. The summed E-state index contributed by atoms with van der Waals surface area (Å²) in [5, 5.41) is 8.45. The molecule has 0 saturated carbocycles. The lowest BCUT2D eigenvalue weighted by molar-refractivity contribution is 0.325. The summed E-state index contributed by atoms with van der Waals surface area (Å²) in [5.74, 6) is -0.238. The number of halogens is 2. The Hall–Kier alpha value is -3.32. The predicted molar refractivity (Wildman–Crippen MR) is 128 cm³/mol. The Morgan fingerprint density at radius 1 is 1.12 bits per heavy atom. The van der Waals surface area contributed by atoms with Crippen molar-refractivity contribution in [2.24, 2.45) is 0 Å². The van der Waals surface area contributed by atoms with Gasteiger partial charge in [-0.3, -0.25) is 10.1 Å². The first-order valence-electron chi connectivity index (χ1n) is 10.4. The molecule has 4 aromatic rings. The molecule has 0 aliphatic carbocycles. The molecule has 7 heteroatoms. The number of nitrogens with one attached hydrogen (secondary N) is 1. The van der Waals surface area contributed by atoms with Crippen LogP contribution in [0.3, 0.4) is 0 Å². The van der Waals surface area contributed by atoms with Crippen molar-refractivity contribution in [3.63, 3.8) is 0 Å². The molecule has 1 unspecified atom stereocenters. The van der Waals surface area contributed by atoms with E-state index in [-0.39, 0.29) is 11.9 Å². The smallest absolute Gasteiger partial charge is 0.181 e. The van der Waals surface area contributed by atoms with Crippen LogP contribution in [0.1, 0.15) is 29.8 Å². The fraction of sp³-hybridized carbons (Fsp3) is 0.160. The highest BCUT2D eigenvalue weighted by atomic mass is 79.9. The SMILES string of the molecule is Cc1cc(-c2[nH]nc3ncc(C4=CCN(C(C)c5cc(F)cc(Br)c5)C=C4)cc23)ccn1. The van der Waals surface area contributed by atoms with Gasteiger partial charge in [0.1, 0.15) is 5.82 Å². The average molecular weight is 490 g/mol. The molecule has 0 bridgehead atoms. The van der Waals surface area contributed by atoms with Crippen molar-refractivity contribution in [2.75, 3.05) is 6.54 Å². The van der Waals surface area contributed by atoms with Crippen molar-refractivity contribution >= 4 is 32.5 Å². The Balaban J connectivity index is 1.41. The van der Waals surface area contributed by atoms with Crippen molar-refractivity contribution in [1.82, 2.24) is 25.1 Å². The Kier molecular flexibility index (Phi) is 5.35. The van der Waals surface area contributed by atoms with Crippen LogP contribution in [0.4, 0.5) is 4.39 Å². The maximum absolute atomic E-state index is 13.8. The molecule has 0 saturated heterocycles. The molecule has 32 heavy (non-hydrogen) atoms. The van der Waals surface area contributed by atoms with E-state index in [0.717, 1.165) is 50.1 Å². The van der Waals surface area contributed by atoms with Gasteiger partial charge in [0, 0.05) is 51.8 Å². The van der Waals surface area contributed by atoms with Crippen molar-refractivity contribution in [2.45, 2.75) is 19.9 Å². The van der Waals surface area contributed by atoms with E-state index >= 15 is 0 Å². The zero-order chi connectivity index (χ0) is 22.2. The lowest BCUT2D eigenvalue weighted by Crippen LogP contribution is -2.23. The Morgan fingerprint density at radius 3 is 2.75 bits per heavy atom. The summed E-state index contributed by atoms with van der Waals surface area (Å²) in [6, 6.07) is 11.2. The van der Waals surface area contributed by atoms with E-state index in [1.54, 1.807) is 12.3 Å². The Labute approximate surface area is 193 Å². The minimum atomic E-state index is -0.238. The fourth-order valence-corrected chi connectivity index (χ4v) is 4.48. The van der Waals surface area contributed by atoms with E-state index in [0.29, 0.717) is 5.65 Å². The van der Waals surface area contributed by atoms with Crippen LogP contribution in [-0.2, 0) is 0 Å². The van der Waals surface area contributed by atoms with Gasteiger partial charge in [-0.15, -0.1) is 0 Å². The summed E-state index contributed by atoms with van der Waals surface area (Å²) in [6.45, 7) is 4.77. The van der Waals surface area contributed by atoms with Crippen LogP contribution in [0.5, 0.6) is 0 Å². The number of hydrogen-bond acceptors (Lipinski definition) is 4. The van der Waals surface area contributed by atoms with Gasteiger partial charge in [-0.05, 0) is 67.5 Å². The van der Waals surface area contributed by atoms with Gasteiger partial charge in [-0.1, -0.05) is 22.0 Å². The number of aromatic nitrogens is 4. The lowest BCUT2D eigenvalue weighted by atomic mass is 10.0. The second kappa shape index (κ2) is 8.31. The normalized spacial score (nSPS) is 14.6. The number of aryl methyl sites for hydroxylation is 1. The average Bonchev–Trinajstić information content (AvgIpc) is 3.21. The first-order valence-corrected chi connectivity index (χ1v) is 11.1. The summed E-state index contributed by atoms with van der Waals surface area (Å²) in [4.78, 5) is 11.0. The van der Waals surface area contributed by atoms with Gasteiger partial charge in [0.25, 0.3) is 0 Å². The van der Waals surface area contributed by atoms with E-state index in [9.17, 15) is 4.39 Å². The maximum atomic E-state index is 13.8. The van der Waals surface area contributed by atoms with Crippen molar-refractivity contribution in [3.8, 4) is 11.3 Å². The van der Waals surface area contributed by atoms with Gasteiger partial charge in [-0.25, -0.2) is 9.37 Å². The van der Waals surface area contributed by atoms with Crippen LogP contribution < -0.4 is 0 Å². The zero-order valence-electron chi connectivity index (χ0n) is 17.7. The highest BCUT2D eigenvalue weighted by molar-refractivity contribution is 9.10. The summed E-state index contributed by atoms with van der Waals surface area (Å²) < 4.78 is 14.6. The molecule has 0 spiro atoms. The third-order valence-electron chi connectivity index (χ3n) is 5.76. The highest BCUT2D eigenvalue weighted by Gasteiger charge is 2.17. The molecule has 1 atom stereocenters. The van der Waals surface area contributed by atoms with Crippen LogP contribution in [0.2, 0.25) is 0 Å². The minimum Gasteiger partial charge on any atom is -0.367 e. The van der Waals surface area contributed by atoms with Gasteiger partial charge >= 0.3 is 0 Å². The van der Waals surface area contributed by atoms with Gasteiger partial charge in [0.15, 0.2) is 5.65 Å². The molecule has 1 N–H and O–H groups in total. The number of rotatable bonds is 4. The standard InChI is InChI=1S/C25H21BrFN5/c1-15-9-18(3-6-28-15)24-23-12-20(14-29-25(23)31-30-24)17-4-7-32(8-5-17)16(2)19-10-21(26)13-22(27)11-19/h3-7,9-14,16H,8H2,1-2H3,(H,29,30,31). The number of hydrogen-bond donors (Lipinski definition) is 1. The van der Waals surface area contributed by atoms with Crippen LogP contribution >= 0.6 is 15.9 Å². The number of aromatic amines is 1. The van der Waals surface area contributed by atoms with Crippen LogP contribution in [0.15, 0.2) is 71.6 Å². The first kappa shape index (κ1) is 20.6. The Bertz CT molecular complexity index is 1350. The summed E-state index contributed by atoms with van der Waals surface area (Å²) >= 11 is 3.38. The van der Waals surface area contributed by atoms with Crippen molar-refractivity contribution in [1.29, 1.82) is 0 Å². The van der Waals surface area contributed by atoms with Gasteiger partial charge in [0.05, 0.1) is 11.7 Å². The molecule has 0 radical (unpaired) electrons. The lowest BCUT2D eigenvalue weighted by Gasteiger charge is -2.30. The molecule has 5 nitrogen and oxygen atoms in total. The molecule has 1 aliphatic rings. The summed E-state index contributed by atoms with van der Waals surface area (Å²) in [7, 11) is 0. The first-order chi connectivity index (χ1) is 15.5. The molecule has 0 amide bonds. The van der Waals surface area contributed by atoms with E-state index < -0.39 is 0 Å². The monoisotopic (exact) mass is 489 g/mol. The number of benzene rings is 1. The largest absolute Gasteiger partial charge is 0.367 e. The molecule has 0 fully saturated rings. The van der Waals surface area contributed by atoms with Gasteiger partial charge < -0.3 is 4.90 Å². The van der Waals surface area contributed by atoms with E-state index in [2.05, 4.69) is 72.3 Å². The maximum Gasteiger partial charge on any atom is 0.181 e. The molecule has 3 aromatic heterocycles. The number of nitrogens with zero attached hydrogens (tertiary/aromatic N) is 4. The van der Waals surface area contributed by atoms with E-state index in [1.165, 1.54) is 6.07 Å². The molecule has 5 rings (SSSR count). The van der Waals surface area contributed by atoms with Crippen LogP contribution in [0.25, 0.3) is 27.9 Å². The number of allylic oxidation sites excluding steroid dienone is 2. The third-order valence-corrected chi connectivity index (χ3v) is 6.22. The molecule has 1 aliphatic heterocycles. The van der Waals surface area contributed by atoms with Crippen LogP contribution in [-0.4, -0.2) is 31.6 Å².